The maximum absolute atomic E-state index is 13.1. The van der Waals surface area contributed by atoms with Gasteiger partial charge in [0.2, 0.25) is 10.0 Å². The molecular weight excluding hydrogens is 419 g/mol. The number of fused-ring (bicyclic) bond motifs is 1. The third kappa shape index (κ3) is 4.26. The van der Waals surface area contributed by atoms with E-state index in [0.717, 1.165) is 55.1 Å². The van der Waals surface area contributed by atoms with E-state index in [1.54, 1.807) is 0 Å². The van der Waals surface area contributed by atoms with Crippen molar-refractivity contribution >= 4 is 15.7 Å². The molecular formula is C20H22F3N3O3S. The Morgan fingerprint density at radius 2 is 1.67 bits per heavy atom. The Morgan fingerprint density at radius 3 is 2.37 bits per heavy atom. The van der Waals surface area contributed by atoms with Crippen LogP contribution in [0.15, 0.2) is 47.4 Å². The van der Waals surface area contributed by atoms with Gasteiger partial charge in [0.25, 0.3) is 0 Å². The molecule has 2 aliphatic rings. The molecule has 2 heterocycles. The molecule has 30 heavy (non-hydrogen) atoms. The zero-order valence-electron chi connectivity index (χ0n) is 16.4. The minimum absolute atomic E-state index is 0.184. The van der Waals surface area contributed by atoms with Crippen molar-refractivity contribution in [1.29, 1.82) is 0 Å². The number of halogens is 3. The van der Waals surface area contributed by atoms with Crippen molar-refractivity contribution < 1.29 is 26.3 Å². The fourth-order valence-corrected chi connectivity index (χ4v) is 5.29. The maximum Gasteiger partial charge on any atom is 0.573 e. The highest BCUT2D eigenvalue weighted by Crippen LogP contribution is 2.36. The molecule has 0 atom stereocenters. The fraction of sp³-hybridized carbons (Fsp3) is 0.400. The minimum Gasteiger partial charge on any atom is -0.406 e. The van der Waals surface area contributed by atoms with Gasteiger partial charge < -0.3 is 14.5 Å². The van der Waals surface area contributed by atoms with E-state index in [4.69, 9.17) is 0 Å². The molecule has 162 valence electrons. The number of piperazine rings is 1. The number of hydrogen-bond acceptors (Lipinski definition) is 5. The summed E-state index contributed by atoms with van der Waals surface area (Å²) in [6, 6.07) is 10.3. The van der Waals surface area contributed by atoms with E-state index in [0.29, 0.717) is 0 Å². The van der Waals surface area contributed by atoms with Gasteiger partial charge in [0.15, 0.2) is 0 Å². The summed E-state index contributed by atoms with van der Waals surface area (Å²) >= 11 is 0. The van der Waals surface area contributed by atoms with E-state index < -0.39 is 22.1 Å². The normalized spacial score (nSPS) is 18.5. The third-order valence-electron chi connectivity index (χ3n) is 5.45. The number of nitrogens with zero attached hydrogens (tertiary/aromatic N) is 3. The molecule has 10 heteroatoms. The summed E-state index contributed by atoms with van der Waals surface area (Å²) in [5, 5.41) is 0. The molecule has 0 spiro atoms. The highest BCUT2D eigenvalue weighted by atomic mass is 32.2. The number of likely N-dealkylation sites (N-methyl/N-ethyl adjacent to an activating group) is 1. The molecule has 0 aromatic heterocycles. The van der Waals surface area contributed by atoms with Crippen molar-refractivity contribution in [3.05, 3.63) is 53.6 Å². The molecule has 0 saturated carbocycles. The van der Waals surface area contributed by atoms with Gasteiger partial charge in [-0.3, -0.25) is 0 Å². The van der Waals surface area contributed by atoms with E-state index >= 15 is 0 Å². The van der Waals surface area contributed by atoms with Gasteiger partial charge in [-0.15, -0.1) is 13.2 Å². The molecule has 0 bridgehead atoms. The van der Waals surface area contributed by atoms with E-state index in [2.05, 4.69) is 21.6 Å². The Bertz CT molecular complexity index is 1040. The van der Waals surface area contributed by atoms with Gasteiger partial charge in [0.1, 0.15) is 5.75 Å². The quantitative estimate of drug-likeness (QED) is 0.730. The second kappa shape index (κ2) is 7.75. The third-order valence-corrected chi connectivity index (χ3v) is 7.24. The second-order valence-electron chi connectivity index (χ2n) is 7.50. The largest absolute Gasteiger partial charge is 0.573 e. The number of benzene rings is 2. The van der Waals surface area contributed by atoms with Crippen LogP contribution in [-0.4, -0.2) is 57.2 Å². The molecule has 2 aromatic carbocycles. The summed E-state index contributed by atoms with van der Waals surface area (Å²) in [4.78, 5) is 4.28. The van der Waals surface area contributed by atoms with Crippen LogP contribution >= 0.6 is 0 Å². The van der Waals surface area contributed by atoms with Gasteiger partial charge in [0.05, 0.1) is 4.90 Å². The second-order valence-corrected chi connectivity index (χ2v) is 9.44. The number of alkyl halides is 3. The Morgan fingerprint density at radius 1 is 0.967 bits per heavy atom. The highest BCUT2D eigenvalue weighted by Gasteiger charge is 2.35. The van der Waals surface area contributed by atoms with Gasteiger partial charge in [-0.2, -0.15) is 4.31 Å². The van der Waals surface area contributed by atoms with Crippen LogP contribution < -0.4 is 9.64 Å². The smallest absolute Gasteiger partial charge is 0.406 e. The summed E-state index contributed by atoms with van der Waals surface area (Å²) in [5.41, 5.74) is 2.89. The number of rotatable bonds is 4. The predicted molar refractivity (Wildman–Crippen MR) is 106 cm³/mol. The first-order chi connectivity index (χ1) is 14.1. The molecule has 0 aliphatic carbocycles. The lowest BCUT2D eigenvalue weighted by molar-refractivity contribution is -0.274. The topological polar surface area (TPSA) is 53.1 Å². The van der Waals surface area contributed by atoms with Gasteiger partial charge in [-0.05, 0) is 36.4 Å². The summed E-state index contributed by atoms with van der Waals surface area (Å²) < 4.78 is 68.9. The Balaban J connectivity index is 1.58. The van der Waals surface area contributed by atoms with Crippen molar-refractivity contribution in [3.63, 3.8) is 0 Å². The Kier molecular flexibility index (Phi) is 5.41. The van der Waals surface area contributed by atoms with Crippen LogP contribution in [0, 0.1) is 0 Å². The summed E-state index contributed by atoms with van der Waals surface area (Å²) in [7, 11) is -1.91. The fourth-order valence-electron chi connectivity index (χ4n) is 3.87. The van der Waals surface area contributed by atoms with E-state index in [-0.39, 0.29) is 18.0 Å². The SMILES string of the molecule is CN1CCN(c2cccc3c2CN(S(=O)(=O)c2cccc(OC(F)(F)F)c2)C3)CC1. The van der Waals surface area contributed by atoms with Gasteiger partial charge in [-0.25, -0.2) is 8.42 Å². The molecule has 0 unspecified atom stereocenters. The molecule has 2 aliphatic heterocycles. The van der Waals surface area contributed by atoms with Crippen molar-refractivity contribution in [1.82, 2.24) is 9.21 Å². The molecule has 1 fully saturated rings. The molecule has 4 rings (SSSR count). The van der Waals surface area contributed by atoms with Crippen LogP contribution in [-0.2, 0) is 23.1 Å². The Labute approximate surface area is 173 Å². The van der Waals surface area contributed by atoms with Crippen LogP contribution in [0.25, 0.3) is 0 Å². The van der Waals surface area contributed by atoms with E-state index in [1.807, 2.05) is 18.2 Å². The van der Waals surface area contributed by atoms with Crippen molar-refractivity contribution in [2.75, 3.05) is 38.1 Å². The minimum atomic E-state index is -4.89. The van der Waals surface area contributed by atoms with Crippen molar-refractivity contribution in [2.45, 2.75) is 24.3 Å². The highest BCUT2D eigenvalue weighted by molar-refractivity contribution is 7.89. The average molecular weight is 441 g/mol. The standard InChI is InChI=1S/C20H22F3N3O3S/c1-24-8-10-25(11-9-24)19-7-2-4-15-13-26(14-18(15)19)30(27,28)17-6-3-5-16(12-17)29-20(21,22)23/h2-7,12H,8-11,13-14H2,1H3. The number of ether oxygens (including phenoxy) is 1. The number of sulfonamides is 1. The van der Waals surface area contributed by atoms with Crippen molar-refractivity contribution in [3.8, 4) is 5.75 Å². The van der Waals surface area contributed by atoms with Crippen LogP contribution in [0.3, 0.4) is 0 Å². The summed E-state index contributed by atoms with van der Waals surface area (Å²) in [6.07, 6.45) is -4.89. The van der Waals surface area contributed by atoms with Crippen molar-refractivity contribution in [2.24, 2.45) is 0 Å². The van der Waals surface area contributed by atoms with E-state index in [9.17, 15) is 21.6 Å². The van der Waals surface area contributed by atoms with Crippen LogP contribution in [0.4, 0.5) is 18.9 Å². The van der Waals surface area contributed by atoms with E-state index in [1.165, 1.54) is 16.4 Å². The average Bonchev–Trinajstić information content (AvgIpc) is 3.13. The summed E-state index contributed by atoms with van der Waals surface area (Å²) in [6.45, 7) is 3.94. The maximum atomic E-state index is 13.1. The number of anilines is 1. The zero-order chi connectivity index (χ0) is 21.5. The van der Waals surface area contributed by atoms with Crippen LogP contribution in [0.1, 0.15) is 11.1 Å². The first-order valence-corrected chi connectivity index (χ1v) is 11.0. The molecule has 6 nitrogen and oxygen atoms in total. The lowest BCUT2D eigenvalue weighted by Crippen LogP contribution is -2.44. The van der Waals surface area contributed by atoms with Gasteiger partial charge >= 0.3 is 6.36 Å². The lowest BCUT2D eigenvalue weighted by atomic mass is 10.1. The van der Waals surface area contributed by atoms with Gasteiger partial charge in [-0.1, -0.05) is 18.2 Å². The van der Waals surface area contributed by atoms with Crippen LogP contribution in [0.2, 0.25) is 0 Å². The molecule has 0 amide bonds. The predicted octanol–water partition coefficient (Wildman–Crippen LogP) is 3.04. The molecule has 0 N–H and O–H groups in total. The zero-order valence-corrected chi connectivity index (χ0v) is 17.2. The summed E-state index contributed by atoms with van der Waals surface area (Å²) in [5.74, 6) is -0.557. The Hall–Kier alpha value is -2.30. The molecule has 0 radical (unpaired) electrons. The van der Waals surface area contributed by atoms with Gasteiger partial charge in [0, 0.05) is 51.0 Å². The van der Waals surface area contributed by atoms with Crippen LogP contribution in [0.5, 0.6) is 5.75 Å². The first kappa shape index (κ1) is 21.0. The molecule has 1 saturated heterocycles. The number of hydrogen-bond donors (Lipinski definition) is 0. The first-order valence-electron chi connectivity index (χ1n) is 9.54. The monoisotopic (exact) mass is 441 g/mol. The lowest BCUT2D eigenvalue weighted by Gasteiger charge is -2.35. The molecule has 2 aromatic rings.